The van der Waals surface area contributed by atoms with Crippen LogP contribution in [-0.2, 0) is 23.8 Å². The van der Waals surface area contributed by atoms with E-state index in [1.165, 1.54) is 6.92 Å². The van der Waals surface area contributed by atoms with Gasteiger partial charge in [0.15, 0.2) is 0 Å². The summed E-state index contributed by atoms with van der Waals surface area (Å²) in [4.78, 5) is 21.9. The number of ether oxygens (including phenoxy) is 3. The van der Waals surface area contributed by atoms with E-state index in [4.69, 9.17) is 0 Å². The lowest BCUT2D eigenvalue weighted by atomic mass is 9.98. The van der Waals surface area contributed by atoms with Crippen molar-refractivity contribution in [3.63, 3.8) is 0 Å². The Balaban J connectivity index is 5.01. The van der Waals surface area contributed by atoms with E-state index < -0.39 is 49.5 Å². The molecule has 0 amide bonds. The van der Waals surface area contributed by atoms with Crippen LogP contribution in [0.25, 0.3) is 0 Å². The standard InChI is InChI=1S/C13H16F6O5/c1-4-23-10(21)8(2)7-22-6-5-11(12(14,15)16,13(17,18)19)24-9(3)20/h2,4-7H2,1,3H3. The number of carbonyl (C=O) groups excluding carboxylic acids is 2. The molecule has 140 valence electrons. The predicted octanol–water partition coefficient (Wildman–Crippen LogP) is 2.94. The van der Waals surface area contributed by atoms with Gasteiger partial charge < -0.3 is 14.2 Å². The van der Waals surface area contributed by atoms with Gasteiger partial charge in [0, 0.05) is 13.3 Å². The maximum absolute atomic E-state index is 12.9. The van der Waals surface area contributed by atoms with Gasteiger partial charge >= 0.3 is 29.9 Å². The maximum atomic E-state index is 12.9. The third-order valence-electron chi connectivity index (χ3n) is 2.67. The van der Waals surface area contributed by atoms with Crippen molar-refractivity contribution >= 4 is 11.9 Å². The zero-order valence-corrected chi connectivity index (χ0v) is 12.8. The van der Waals surface area contributed by atoms with Crippen LogP contribution < -0.4 is 0 Å². The lowest BCUT2D eigenvalue weighted by molar-refractivity contribution is -0.372. The van der Waals surface area contributed by atoms with Crippen molar-refractivity contribution in [1.29, 1.82) is 0 Å². The summed E-state index contributed by atoms with van der Waals surface area (Å²) in [6.07, 6.45) is -13.5. The lowest BCUT2D eigenvalue weighted by Gasteiger charge is -2.36. The molecule has 0 N–H and O–H groups in total. The molecule has 0 heterocycles. The molecule has 0 spiro atoms. The number of esters is 2. The Bertz CT molecular complexity index is 454. The van der Waals surface area contributed by atoms with Gasteiger partial charge in [-0.25, -0.2) is 4.79 Å². The fourth-order valence-corrected chi connectivity index (χ4v) is 1.56. The Morgan fingerprint density at radius 3 is 1.92 bits per heavy atom. The molecule has 0 aromatic heterocycles. The van der Waals surface area contributed by atoms with Gasteiger partial charge in [0.1, 0.15) is 0 Å². The Morgan fingerprint density at radius 2 is 1.54 bits per heavy atom. The molecule has 5 nitrogen and oxygen atoms in total. The quantitative estimate of drug-likeness (QED) is 0.286. The predicted molar refractivity (Wildman–Crippen MR) is 67.8 cm³/mol. The van der Waals surface area contributed by atoms with Gasteiger partial charge in [0.05, 0.1) is 25.4 Å². The molecule has 0 aromatic rings. The summed E-state index contributed by atoms with van der Waals surface area (Å²) in [6, 6.07) is 0. The maximum Gasteiger partial charge on any atom is 0.437 e. The minimum atomic E-state index is -5.90. The average molecular weight is 366 g/mol. The average Bonchev–Trinajstić information content (AvgIpc) is 2.38. The smallest absolute Gasteiger partial charge is 0.437 e. The van der Waals surface area contributed by atoms with Crippen molar-refractivity contribution in [3.05, 3.63) is 12.2 Å². The van der Waals surface area contributed by atoms with Crippen LogP contribution in [0.4, 0.5) is 26.3 Å². The highest BCUT2D eigenvalue weighted by Gasteiger charge is 2.73. The van der Waals surface area contributed by atoms with Gasteiger partial charge in [0.2, 0.25) is 0 Å². The largest absolute Gasteiger partial charge is 0.463 e. The monoisotopic (exact) mass is 366 g/mol. The molecule has 0 radical (unpaired) electrons. The van der Waals surface area contributed by atoms with E-state index in [-0.39, 0.29) is 12.2 Å². The second-order valence-corrected chi connectivity index (χ2v) is 4.54. The number of carbonyl (C=O) groups is 2. The van der Waals surface area contributed by atoms with Crippen LogP contribution >= 0.6 is 0 Å². The zero-order chi connectivity index (χ0) is 19.2. The SMILES string of the molecule is C=C(COCCC(OC(C)=O)(C(F)(F)F)C(F)(F)F)C(=O)OCC. The van der Waals surface area contributed by atoms with Gasteiger partial charge in [-0.3, -0.25) is 4.79 Å². The normalized spacial score (nSPS) is 12.7. The van der Waals surface area contributed by atoms with Crippen LogP contribution in [0.3, 0.4) is 0 Å². The molecule has 0 atom stereocenters. The number of halogens is 6. The van der Waals surface area contributed by atoms with E-state index in [0.717, 1.165) is 0 Å². The molecular weight excluding hydrogens is 350 g/mol. The zero-order valence-electron chi connectivity index (χ0n) is 12.8. The van der Waals surface area contributed by atoms with Crippen molar-refractivity contribution in [2.45, 2.75) is 38.2 Å². The fraction of sp³-hybridized carbons (Fsp3) is 0.692. The molecule has 0 aliphatic heterocycles. The van der Waals surface area contributed by atoms with Crippen LogP contribution in [0.5, 0.6) is 0 Å². The molecule has 11 heteroatoms. The van der Waals surface area contributed by atoms with Crippen LogP contribution in [-0.4, -0.2) is 49.7 Å². The van der Waals surface area contributed by atoms with Gasteiger partial charge in [0.25, 0.3) is 0 Å². The van der Waals surface area contributed by atoms with Gasteiger partial charge in [-0.15, -0.1) is 0 Å². The number of hydrogen-bond donors (Lipinski definition) is 0. The Morgan fingerprint density at radius 1 is 1.04 bits per heavy atom. The Kier molecular flexibility index (Phi) is 7.74. The molecule has 0 rings (SSSR count). The lowest BCUT2D eigenvalue weighted by Crippen LogP contribution is -2.60. The van der Waals surface area contributed by atoms with Gasteiger partial charge in [-0.05, 0) is 6.92 Å². The fourth-order valence-electron chi connectivity index (χ4n) is 1.56. The summed E-state index contributed by atoms with van der Waals surface area (Å²) >= 11 is 0. The molecule has 0 bridgehead atoms. The summed E-state index contributed by atoms with van der Waals surface area (Å²) in [5.41, 5.74) is -4.98. The minimum Gasteiger partial charge on any atom is -0.463 e. The first kappa shape index (κ1) is 22.2. The summed E-state index contributed by atoms with van der Waals surface area (Å²) in [7, 11) is 0. The van der Waals surface area contributed by atoms with Gasteiger partial charge in [-0.1, -0.05) is 6.58 Å². The van der Waals surface area contributed by atoms with E-state index in [0.29, 0.717) is 6.92 Å². The van der Waals surface area contributed by atoms with Crippen molar-refractivity contribution < 1.29 is 50.1 Å². The Hall–Kier alpha value is -1.78. The van der Waals surface area contributed by atoms with Crippen LogP contribution in [0.1, 0.15) is 20.3 Å². The first-order valence-corrected chi connectivity index (χ1v) is 6.54. The summed E-state index contributed by atoms with van der Waals surface area (Å²) < 4.78 is 90.1. The van der Waals surface area contributed by atoms with E-state index in [2.05, 4.69) is 20.8 Å². The number of hydrogen-bond acceptors (Lipinski definition) is 5. The number of alkyl halides is 6. The minimum absolute atomic E-state index is 0.00949. The molecule has 0 aromatic carbocycles. The molecule has 0 fully saturated rings. The van der Waals surface area contributed by atoms with Crippen LogP contribution in [0, 0.1) is 0 Å². The number of rotatable bonds is 8. The van der Waals surface area contributed by atoms with Crippen LogP contribution in [0.2, 0.25) is 0 Å². The first-order valence-electron chi connectivity index (χ1n) is 6.54. The van der Waals surface area contributed by atoms with Crippen LogP contribution in [0.15, 0.2) is 12.2 Å². The van der Waals surface area contributed by atoms with Crippen molar-refractivity contribution in [3.8, 4) is 0 Å². The molecule has 0 saturated carbocycles. The highest BCUT2D eigenvalue weighted by atomic mass is 19.4. The molecule has 0 saturated heterocycles. The summed E-state index contributed by atoms with van der Waals surface area (Å²) in [5, 5.41) is 0. The molecule has 0 aliphatic rings. The van der Waals surface area contributed by atoms with E-state index in [9.17, 15) is 35.9 Å². The summed E-state index contributed by atoms with van der Waals surface area (Å²) in [6.45, 7) is 3.42. The molecule has 24 heavy (non-hydrogen) atoms. The molecule has 0 aliphatic carbocycles. The van der Waals surface area contributed by atoms with E-state index >= 15 is 0 Å². The molecule has 0 unspecified atom stereocenters. The third kappa shape index (κ3) is 5.69. The highest BCUT2D eigenvalue weighted by molar-refractivity contribution is 5.87. The second-order valence-electron chi connectivity index (χ2n) is 4.54. The van der Waals surface area contributed by atoms with E-state index in [1.54, 1.807) is 0 Å². The van der Waals surface area contributed by atoms with Crippen molar-refractivity contribution in [2.24, 2.45) is 0 Å². The van der Waals surface area contributed by atoms with Crippen molar-refractivity contribution in [2.75, 3.05) is 19.8 Å². The van der Waals surface area contributed by atoms with Crippen molar-refractivity contribution in [1.82, 2.24) is 0 Å². The second kappa shape index (κ2) is 8.36. The summed E-state index contributed by atoms with van der Waals surface area (Å²) in [5.74, 6) is -2.64. The molecular formula is C13H16F6O5. The first-order chi connectivity index (χ1) is 10.8. The highest BCUT2D eigenvalue weighted by Crippen LogP contribution is 2.48. The topological polar surface area (TPSA) is 61.8 Å². The third-order valence-corrected chi connectivity index (χ3v) is 2.67. The van der Waals surface area contributed by atoms with E-state index in [1.807, 2.05) is 0 Å². The van der Waals surface area contributed by atoms with Gasteiger partial charge in [-0.2, -0.15) is 26.3 Å². The Labute approximate surface area is 133 Å².